The van der Waals surface area contributed by atoms with E-state index in [0.717, 1.165) is 12.1 Å². The van der Waals surface area contributed by atoms with Crippen molar-refractivity contribution in [1.29, 1.82) is 0 Å². The molecule has 3 rings (SSSR count). The summed E-state index contributed by atoms with van der Waals surface area (Å²) in [6.45, 7) is 0. The van der Waals surface area contributed by atoms with Crippen LogP contribution in [0.25, 0.3) is 11.1 Å². The molecule has 0 atom stereocenters. The standard InChI is InChI=1S/C19H15B2F3O5/c22-19(23,24)28-17-8-3-7-16(12-17)21(27)29-18-9-2-5-14(11-18)13-4-1-6-15(10-13)20(25)26/h1-12,25-27H. The SMILES string of the molecule is OB(O)c1cccc(-c2cccc(OB(O)c3cccc(OC(F)(F)F)c3)c2)c1. The number of benzene rings is 3. The minimum absolute atomic E-state index is 0.0857. The average molecular weight is 402 g/mol. The van der Waals surface area contributed by atoms with Gasteiger partial charge in [-0.1, -0.05) is 48.5 Å². The Labute approximate surface area is 165 Å². The van der Waals surface area contributed by atoms with Crippen molar-refractivity contribution in [3.05, 3.63) is 72.8 Å². The fraction of sp³-hybridized carbons (Fsp3) is 0.0526. The predicted octanol–water partition coefficient (Wildman–Crippen LogP) is 1.70. The lowest BCUT2D eigenvalue weighted by Gasteiger charge is -2.13. The zero-order valence-electron chi connectivity index (χ0n) is 14.9. The van der Waals surface area contributed by atoms with Crippen molar-refractivity contribution in [3.63, 3.8) is 0 Å². The summed E-state index contributed by atoms with van der Waals surface area (Å²) >= 11 is 0. The summed E-state index contributed by atoms with van der Waals surface area (Å²) in [7, 11) is -3.13. The lowest BCUT2D eigenvalue weighted by atomic mass is 9.79. The van der Waals surface area contributed by atoms with E-state index in [2.05, 4.69) is 4.74 Å². The van der Waals surface area contributed by atoms with Crippen LogP contribution in [-0.2, 0) is 0 Å². The zero-order valence-corrected chi connectivity index (χ0v) is 14.9. The van der Waals surface area contributed by atoms with Crippen LogP contribution in [0, 0.1) is 0 Å². The van der Waals surface area contributed by atoms with Crippen molar-refractivity contribution in [2.45, 2.75) is 6.36 Å². The number of rotatable bonds is 6. The maximum absolute atomic E-state index is 12.4. The van der Waals surface area contributed by atoms with Gasteiger partial charge in [-0.05, 0) is 40.9 Å². The van der Waals surface area contributed by atoms with Gasteiger partial charge in [0.15, 0.2) is 0 Å². The summed E-state index contributed by atoms with van der Waals surface area (Å²) in [5, 5.41) is 28.9. The summed E-state index contributed by atoms with van der Waals surface area (Å²) in [6.07, 6.45) is -4.84. The molecule has 3 aromatic carbocycles. The first-order valence-corrected chi connectivity index (χ1v) is 8.48. The first-order valence-electron chi connectivity index (χ1n) is 8.48. The molecule has 0 heterocycles. The molecule has 10 heteroatoms. The van der Waals surface area contributed by atoms with E-state index in [1.54, 1.807) is 48.5 Å². The Kier molecular flexibility index (Phi) is 6.17. The summed E-state index contributed by atoms with van der Waals surface area (Å²) < 4.78 is 46.4. The van der Waals surface area contributed by atoms with Gasteiger partial charge in [0.2, 0.25) is 0 Å². The molecule has 0 aliphatic heterocycles. The second-order valence-electron chi connectivity index (χ2n) is 6.12. The molecule has 0 bridgehead atoms. The molecule has 0 spiro atoms. The number of hydrogen-bond donors (Lipinski definition) is 3. The smallest absolute Gasteiger partial charge is 0.532 e. The van der Waals surface area contributed by atoms with Crippen LogP contribution >= 0.6 is 0 Å². The maximum Gasteiger partial charge on any atom is 0.573 e. The van der Waals surface area contributed by atoms with Crippen LogP contribution in [0.4, 0.5) is 13.2 Å². The van der Waals surface area contributed by atoms with Gasteiger partial charge < -0.3 is 24.5 Å². The topological polar surface area (TPSA) is 79.2 Å². The molecule has 148 valence electrons. The molecule has 0 fully saturated rings. The van der Waals surface area contributed by atoms with Crippen LogP contribution in [-0.4, -0.2) is 35.7 Å². The van der Waals surface area contributed by atoms with E-state index < -0.39 is 26.3 Å². The highest BCUT2D eigenvalue weighted by atomic mass is 19.4. The first kappa shape index (κ1) is 20.8. The van der Waals surface area contributed by atoms with Crippen molar-refractivity contribution < 1.29 is 37.6 Å². The number of ether oxygens (including phenoxy) is 1. The Morgan fingerprint density at radius 3 is 1.97 bits per heavy atom. The molecule has 0 unspecified atom stereocenters. The Morgan fingerprint density at radius 1 is 0.690 bits per heavy atom. The molecule has 0 saturated carbocycles. The summed E-state index contributed by atoms with van der Waals surface area (Å²) in [4.78, 5) is 0. The van der Waals surface area contributed by atoms with Crippen molar-refractivity contribution in [3.8, 4) is 22.6 Å². The Hall–Kier alpha value is -2.94. The fourth-order valence-electron chi connectivity index (χ4n) is 2.69. The van der Waals surface area contributed by atoms with Gasteiger partial charge in [-0.2, -0.15) is 0 Å². The van der Waals surface area contributed by atoms with Gasteiger partial charge in [-0.25, -0.2) is 0 Å². The minimum Gasteiger partial charge on any atom is -0.532 e. The van der Waals surface area contributed by atoms with E-state index in [4.69, 9.17) is 4.65 Å². The highest BCUT2D eigenvalue weighted by Crippen LogP contribution is 2.24. The van der Waals surface area contributed by atoms with Crippen molar-refractivity contribution in [2.24, 2.45) is 0 Å². The van der Waals surface area contributed by atoms with Crippen LogP contribution in [0.2, 0.25) is 0 Å². The number of hydrogen-bond acceptors (Lipinski definition) is 5. The van der Waals surface area contributed by atoms with Gasteiger partial charge in [0.1, 0.15) is 11.5 Å². The van der Waals surface area contributed by atoms with E-state index in [0.29, 0.717) is 16.6 Å². The Morgan fingerprint density at radius 2 is 1.28 bits per heavy atom. The van der Waals surface area contributed by atoms with E-state index in [1.807, 2.05) is 0 Å². The van der Waals surface area contributed by atoms with E-state index >= 15 is 0 Å². The molecule has 29 heavy (non-hydrogen) atoms. The second kappa shape index (κ2) is 8.60. The van der Waals surface area contributed by atoms with Crippen LogP contribution in [0.5, 0.6) is 11.5 Å². The van der Waals surface area contributed by atoms with Gasteiger partial charge in [-0.3, -0.25) is 0 Å². The monoisotopic (exact) mass is 402 g/mol. The molecule has 3 N–H and O–H groups in total. The largest absolute Gasteiger partial charge is 0.573 e. The van der Waals surface area contributed by atoms with Crippen LogP contribution < -0.4 is 20.3 Å². The molecule has 0 radical (unpaired) electrons. The quantitative estimate of drug-likeness (QED) is 0.548. The van der Waals surface area contributed by atoms with Gasteiger partial charge in [-0.15, -0.1) is 13.2 Å². The third kappa shape index (κ3) is 5.77. The van der Waals surface area contributed by atoms with Gasteiger partial charge in [0.05, 0.1) is 0 Å². The molecule has 5 nitrogen and oxygen atoms in total. The van der Waals surface area contributed by atoms with E-state index in [1.165, 1.54) is 12.1 Å². The van der Waals surface area contributed by atoms with E-state index in [-0.39, 0.29) is 11.2 Å². The van der Waals surface area contributed by atoms with Gasteiger partial charge in [0.25, 0.3) is 0 Å². The maximum atomic E-state index is 12.4. The highest BCUT2D eigenvalue weighted by Gasteiger charge is 2.31. The molecule has 0 aromatic heterocycles. The summed E-state index contributed by atoms with van der Waals surface area (Å²) in [6, 6.07) is 18.1. The summed E-state index contributed by atoms with van der Waals surface area (Å²) in [5.41, 5.74) is 1.78. The van der Waals surface area contributed by atoms with Crippen LogP contribution in [0.15, 0.2) is 72.8 Å². The average Bonchev–Trinajstić information content (AvgIpc) is 2.67. The third-order valence-corrected chi connectivity index (χ3v) is 3.98. The van der Waals surface area contributed by atoms with E-state index in [9.17, 15) is 28.2 Å². The second-order valence-corrected chi connectivity index (χ2v) is 6.12. The summed E-state index contributed by atoms with van der Waals surface area (Å²) in [5.74, 6) is -0.196. The van der Waals surface area contributed by atoms with Gasteiger partial charge >= 0.3 is 20.6 Å². The molecule has 0 saturated heterocycles. The van der Waals surface area contributed by atoms with Crippen LogP contribution in [0.3, 0.4) is 0 Å². The van der Waals surface area contributed by atoms with Crippen molar-refractivity contribution in [1.82, 2.24) is 0 Å². The Balaban J connectivity index is 1.78. The first-order chi connectivity index (χ1) is 13.7. The number of halogens is 3. The lowest BCUT2D eigenvalue weighted by molar-refractivity contribution is -0.274. The number of alkyl halides is 3. The Bertz CT molecular complexity index is 982. The van der Waals surface area contributed by atoms with Gasteiger partial charge in [0, 0.05) is 5.46 Å². The molecular formula is C19H15B2F3O5. The highest BCUT2D eigenvalue weighted by molar-refractivity contribution is 6.60. The van der Waals surface area contributed by atoms with Crippen molar-refractivity contribution >= 4 is 25.2 Å². The third-order valence-electron chi connectivity index (χ3n) is 3.98. The minimum atomic E-state index is -4.84. The normalized spacial score (nSPS) is 11.1. The lowest BCUT2D eigenvalue weighted by Crippen LogP contribution is -2.36. The zero-order chi connectivity index (χ0) is 21.0. The molecular weight excluding hydrogens is 387 g/mol. The van der Waals surface area contributed by atoms with Crippen molar-refractivity contribution in [2.75, 3.05) is 0 Å². The molecule has 0 aliphatic carbocycles. The molecule has 3 aromatic rings. The van der Waals surface area contributed by atoms with Crippen LogP contribution in [0.1, 0.15) is 0 Å². The molecule has 0 amide bonds. The fourth-order valence-corrected chi connectivity index (χ4v) is 2.69. The molecule has 0 aliphatic rings. The predicted molar refractivity (Wildman–Crippen MR) is 103 cm³/mol.